The maximum atomic E-state index is 11.0. The van der Waals surface area contributed by atoms with Crippen molar-refractivity contribution in [3.05, 3.63) is 11.8 Å². The number of allylic oxidation sites excluding steroid dienone is 2. The van der Waals surface area contributed by atoms with E-state index in [-0.39, 0.29) is 5.91 Å². The summed E-state index contributed by atoms with van der Waals surface area (Å²) >= 11 is 0. The smallest absolute Gasteiger partial charge is 0.229 e. The average Bonchev–Trinajstić information content (AvgIpc) is 2.01. The van der Waals surface area contributed by atoms with E-state index in [4.69, 9.17) is 0 Å². The topological polar surface area (TPSA) is 41.5 Å². The van der Waals surface area contributed by atoms with E-state index in [0.717, 1.165) is 12.1 Å². The van der Waals surface area contributed by atoms with Gasteiger partial charge in [-0.2, -0.15) is 0 Å². The van der Waals surface area contributed by atoms with Crippen LogP contribution in [-0.4, -0.2) is 19.2 Å². The number of hydrogen-bond donors (Lipinski definition) is 1. The number of carbonyl (C=O) groups excluding carboxylic acids is 1. The Labute approximate surface area is 73.6 Å². The lowest BCUT2D eigenvalue weighted by atomic mass is 10.3. The first-order chi connectivity index (χ1) is 5.70. The Balaban J connectivity index is 3.76. The van der Waals surface area contributed by atoms with E-state index in [0.29, 0.717) is 6.42 Å². The summed E-state index contributed by atoms with van der Waals surface area (Å²) in [5.41, 5.74) is 0.909. The van der Waals surface area contributed by atoms with Gasteiger partial charge < -0.3 is 10.3 Å². The first-order valence-electron chi connectivity index (χ1n) is 4.08. The second kappa shape index (κ2) is 6.58. The number of nitrogens with one attached hydrogen (secondary N) is 1. The second-order valence-electron chi connectivity index (χ2n) is 2.49. The highest BCUT2D eigenvalue weighted by Gasteiger charge is 1.96. The van der Waals surface area contributed by atoms with Gasteiger partial charge in [0.2, 0.25) is 5.91 Å². The van der Waals surface area contributed by atoms with Crippen LogP contribution in [-0.2, 0) is 4.79 Å². The van der Waals surface area contributed by atoms with Gasteiger partial charge in [-0.05, 0) is 13.3 Å². The normalized spacial score (nSPS) is 12.1. The van der Waals surface area contributed by atoms with Crippen LogP contribution in [0.2, 0.25) is 0 Å². The van der Waals surface area contributed by atoms with E-state index in [9.17, 15) is 4.79 Å². The minimum Gasteiger partial charge on any atom is -0.330 e. The molecule has 0 aliphatic carbocycles. The van der Waals surface area contributed by atoms with Crippen LogP contribution in [0.4, 0.5) is 0 Å². The van der Waals surface area contributed by atoms with Gasteiger partial charge in [0.15, 0.2) is 0 Å². The highest BCUT2D eigenvalue weighted by Crippen LogP contribution is 1.90. The third-order valence-corrected chi connectivity index (χ3v) is 1.31. The molecule has 3 nitrogen and oxygen atoms in total. The maximum Gasteiger partial charge on any atom is 0.229 e. The predicted molar refractivity (Wildman–Crippen MR) is 51.2 cm³/mol. The minimum atomic E-state index is -0.0113. The largest absolute Gasteiger partial charge is 0.330 e. The molecule has 1 N–H and O–H groups in total. The standard InChI is InChI=1S/C9H16N2O/c1-4-5-8(2)11-9(12)6-7-10-3/h5,7H,4,6H2,1-3H3,(H,11,12)/b8-5+,10-7?. The van der Waals surface area contributed by atoms with Crippen LogP contribution in [0.15, 0.2) is 16.8 Å². The van der Waals surface area contributed by atoms with Gasteiger partial charge in [-0.15, -0.1) is 0 Å². The minimum absolute atomic E-state index is 0.0113. The molecular weight excluding hydrogens is 152 g/mol. The Bertz CT molecular complexity index is 195. The molecule has 0 unspecified atom stereocenters. The maximum absolute atomic E-state index is 11.0. The summed E-state index contributed by atoms with van der Waals surface area (Å²) in [6, 6.07) is 0. The van der Waals surface area contributed by atoms with Crippen LogP contribution < -0.4 is 5.32 Å². The Morgan fingerprint density at radius 3 is 2.75 bits per heavy atom. The summed E-state index contributed by atoms with van der Waals surface area (Å²) in [6.07, 6.45) is 4.86. The molecule has 0 aromatic carbocycles. The number of rotatable bonds is 4. The number of nitrogens with zero attached hydrogens (tertiary/aromatic N) is 1. The number of carbonyl (C=O) groups is 1. The molecule has 68 valence electrons. The molecule has 1 amide bonds. The van der Waals surface area contributed by atoms with Crippen molar-refractivity contribution in [2.45, 2.75) is 26.7 Å². The molecule has 0 atom stereocenters. The molecule has 0 aromatic rings. The SMILES string of the molecule is CC/C=C(\C)NC(=O)CC=NC. The lowest BCUT2D eigenvalue weighted by molar-refractivity contribution is -0.119. The molecule has 0 aliphatic rings. The van der Waals surface area contributed by atoms with Crippen molar-refractivity contribution < 1.29 is 4.79 Å². The molecule has 0 heterocycles. The zero-order valence-electron chi connectivity index (χ0n) is 7.92. The highest BCUT2D eigenvalue weighted by molar-refractivity contribution is 5.90. The Morgan fingerprint density at radius 1 is 1.58 bits per heavy atom. The van der Waals surface area contributed by atoms with Crippen molar-refractivity contribution in [2.75, 3.05) is 7.05 Å². The lowest BCUT2D eigenvalue weighted by Gasteiger charge is -2.01. The second-order valence-corrected chi connectivity index (χ2v) is 2.49. The fourth-order valence-corrected chi connectivity index (χ4v) is 0.802. The molecule has 0 aliphatic heterocycles. The highest BCUT2D eigenvalue weighted by atomic mass is 16.1. The zero-order chi connectivity index (χ0) is 9.40. The van der Waals surface area contributed by atoms with Crippen molar-refractivity contribution >= 4 is 12.1 Å². The molecule has 3 heteroatoms. The number of aliphatic imine (C=N–C) groups is 1. The molecular formula is C9H16N2O. The van der Waals surface area contributed by atoms with Gasteiger partial charge in [0, 0.05) is 19.0 Å². The summed E-state index contributed by atoms with van der Waals surface area (Å²) < 4.78 is 0. The van der Waals surface area contributed by atoms with Gasteiger partial charge in [-0.3, -0.25) is 4.79 Å². The van der Waals surface area contributed by atoms with Gasteiger partial charge in [0.1, 0.15) is 0 Å². The zero-order valence-corrected chi connectivity index (χ0v) is 7.92. The fraction of sp³-hybridized carbons (Fsp3) is 0.556. The third kappa shape index (κ3) is 5.65. The molecule has 0 radical (unpaired) electrons. The van der Waals surface area contributed by atoms with E-state index < -0.39 is 0 Å². The fourth-order valence-electron chi connectivity index (χ4n) is 0.802. The summed E-state index contributed by atoms with van der Waals surface area (Å²) in [5.74, 6) is -0.0113. The summed E-state index contributed by atoms with van der Waals surface area (Å²) in [7, 11) is 1.65. The summed E-state index contributed by atoms with van der Waals surface area (Å²) in [4.78, 5) is 14.8. The molecule has 0 aromatic heterocycles. The average molecular weight is 168 g/mol. The molecule has 0 spiro atoms. The van der Waals surface area contributed by atoms with E-state index >= 15 is 0 Å². The van der Waals surface area contributed by atoms with Gasteiger partial charge >= 0.3 is 0 Å². The lowest BCUT2D eigenvalue weighted by Crippen LogP contribution is -2.21. The van der Waals surface area contributed by atoms with Crippen molar-refractivity contribution in [2.24, 2.45) is 4.99 Å². The van der Waals surface area contributed by atoms with Crippen LogP contribution in [0, 0.1) is 0 Å². The van der Waals surface area contributed by atoms with E-state index in [2.05, 4.69) is 10.3 Å². The van der Waals surface area contributed by atoms with Crippen molar-refractivity contribution in [1.82, 2.24) is 5.32 Å². The Morgan fingerprint density at radius 2 is 2.25 bits per heavy atom. The van der Waals surface area contributed by atoms with Crippen molar-refractivity contribution in [3.8, 4) is 0 Å². The first-order valence-corrected chi connectivity index (χ1v) is 4.08. The van der Waals surface area contributed by atoms with Crippen LogP contribution in [0.1, 0.15) is 26.7 Å². The van der Waals surface area contributed by atoms with Crippen LogP contribution >= 0.6 is 0 Å². The quantitative estimate of drug-likeness (QED) is 0.635. The Kier molecular flexibility index (Phi) is 5.97. The van der Waals surface area contributed by atoms with Crippen LogP contribution in [0.25, 0.3) is 0 Å². The molecule has 0 bridgehead atoms. The first kappa shape index (κ1) is 10.9. The molecule has 0 rings (SSSR count). The summed E-state index contributed by atoms with van der Waals surface area (Å²) in [6.45, 7) is 3.91. The Hall–Kier alpha value is -1.12. The van der Waals surface area contributed by atoms with Crippen molar-refractivity contribution in [3.63, 3.8) is 0 Å². The van der Waals surface area contributed by atoms with E-state index in [1.165, 1.54) is 0 Å². The molecule has 12 heavy (non-hydrogen) atoms. The molecule has 0 fully saturated rings. The predicted octanol–water partition coefficient (Wildman–Crippen LogP) is 1.51. The van der Waals surface area contributed by atoms with Crippen molar-refractivity contribution in [1.29, 1.82) is 0 Å². The van der Waals surface area contributed by atoms with Crippen LogP contribution in [0.5, 0.6) is 0 Å². The van der Waals surface area contributed by atoms with E-state index in [1.807, 2.05) is 19.9 Å². The number of amides is 1. The third-order valence-electron chi connectivity index (χ3n) is 1.31. The number of hydrogen-bond acceptors (Lipinski definition) is 2. The monoisotopic (exact) mass is 168 g/mol. The van der Waals surface area contributed by atoms with Gasteiger partial charge in [-0.1, -0.05) is 13.0 Å². The molecule has 0 saturated heterocycles. The van der Waals surface area contributed by atoms with Gasteiger partial charge in [-0.25, -0.2) is 0 Å². The van der Waals surface area contributed by atoms with Gasteiger partial charge in [0.05, 0.1) is 6.42 Å². The van der Waals surface area contributed by atoms with E-state index in [1.54, 1.807) is 13.3 Å². The van der Waals surface area contributed by atoms with Crippen LogP contribution in [0.3, 0.4) is 0 Å². The summed E-state index contributed by atoms with van der Waals surface area (Å²) in [5, 5.41) is 2.75. The molecule has 0 saturated carbocycles. The van der Waals surface area contributed by atoms with Gasteiger partial charge in [0.25, 0.3) is 0 Å².